The van der Waals surface area contributed by atoms with Crippen LogP contribution in [0.1, 0.15) is 60.0 Å². The lowest BCUT2D eigenvalue weighted by Gasteiger charge is -2.41. The van der Waals surface area contributed by atoms with Gasteiger partial charge in [-0.05, 0) is 37.8 Å². The number of aryl methyl sites for hydroxylation is 2. The van der Waals surface area contributed by atoms with Crippen LogP contribution < -0.4 is 5.32 Å². The molecule has 2 heteroatoms. The molecule has 2 fully saturated rings. The average molecular weight is 333 g/mol. The van der Waals surface area contributed by atoms with Gasteiger partial charge in [0.05, 0.1) is 0 Å². The first-order valence-electron chi connectivity index (χ1n) is 9.56. The van der Waals surface area contributed by atoms with Crippen LogP contribution >= 0.6 is 0 Å². The number of hydrogen-bond acceptors (Lipinski definition) is 2. The van der Waals surface area contributed by atoms with E-state index in [4.69, 9.17) is 0 Å². The predicted octanol–water partition coefficient (Wildman–Crippen LogP) is 5.06. The van der Waals surface area contributed by atoms with Crippen molar-refractivity contribution in [1.29, 1.82) is 0 Å². The number of ketones is 1. The highest BCUT2D eigenvalue weighted by Crippen LogP contribution is 2.44. The van der Waals surface area contributed by atoms with E-state index >= 15 is 0 Å². The Bertz CT molecular complexity index is 683. The Morgan fingerprint density at radius 2 is 1.12 bits per heavy atom. The Hall–Kier alpha value is -1.93. The van der Waals surface area contributed by atoms with E-state index in [1.165, 1.54) is 22.3 Å². The molecule has 0 aromatic heterocycles. The summed E-state index contributed by atoms with van der Waals surface area (Å²) in [5.74, 6) is 0.723. The smallest absolute Gasteiger partial charge is 0.142 e. The van der Waals surface area contributed by atoms with Crippen molar-refractivity contribution in [2.45, 2.75) is 51.6 Å². The van der Waals surface area contributed by atoms with E-state index in [1.807, 2.05) is 0 Å². The van der Waals surface area contributed by atoms with Crippen molar-refractivity contribution in [1.82, 2.24) is 5.32 Å². The molecular weight excluding hydrogens is 306 g/mol. The second-order valence-electron chi connectivity index (χ2n) is 7.84. The molecule has 2 aromatic carbocycles. The summed E-state index contributed by atoms with van der Waals surface area (Å²) in [5.41, 5.74) is 5.03. The predicted molar refractivity (Wildman–Crippen MR) is 101 cm³/mol. The number of carbonyl (C=O) groups is 1. The summed E-state index contributed by atoms with van der Waals surface area (Å²) in [6.07, 6.45) is 4.36. The number of piperidine rings is 1. The SMILES string of the molecule is Cc1ccc(C2NC(c3ccc(C)cc3)C3CCCCC2C3=O)cc1. The summed E-state index contributed by atoms with van der Waals surface area (Å²) < 4.78 is 0. The van der Waals surface area contributed by atoms with E-state index in [0.29, 0.717) is 5.78 Å². The van der Waals surface area contributed by atoms with Gasteiger partial charge in [0.1, 0.15) is 5.78 Å². The second-order valence-corrected chi connectivity index (χ2v) is 7.84. The highest BCUT2D eigenvalue weighted by atomic mass is 16.1. The molecule has 2 aromatic rings. The minimum absolute atomic E-state index is 0.122. The molecular formula is C23H27NO. The van der Waals surface area contributed by atoms with E-state index in [2.05, 4.69) is 67.7 Å². The van der Waals surface area contributed by atoms with E-state index < -0.39 is 0 Å². The molecule has 1 N–H and O–H groups in total. The Kier molecular flexibility index (Phi) is 4.47. The Labute approximate surface area is 150 Å². The fourth-order valence-corrected chi connectivity index (χ4v) is 4.58. The Morgan fingerprint density at radius 1 is 0.720 bits per heavy atom. The summed E-state index contributed by atoms with van der Waals surface area (Å²) in [7, 11) is 0. The first-order chi connectivity index (χ1) is 12.1. The zero-order valence-corrected chi connectivity index (χ0v) is 15.2. The van der Waals surface area contributed by atoms with Gasteiger partial charge in [-0.25, -0.2) is 0 Å². The van der Waals surface area contributed by atoms with Gasteiger partial charge in [-0.15, -0.1) is 0 Å². The van der Waals surface area contributed by atoms with Crippen LogP contribution in [0.4, 0.5) is 0 Å². The fraction of sp³-hybridized carbons (Fsp3) is 0.435. The molecule has 130 valence electrons. The van der Waals surface area contributed by atoms with E-state index in [9.17, 15) is 4.79 Å². The van der Waals surface area contributed by atoms with Crippen molar-refractivity contribution >= 4 is 5.78 Å². The number of nitrogens with one attached hydrogen (secondary N) is 1. The second kappa shape index (κ2) is 6.76. The Balaban J connectivity index is 1.73. The monoisotopic (exact) mass is 333 g/mol. The normalized spacial score (nSPS) is 29.3. The lowest BCUT2D eigenvalue weighted by atomic mass is 9.74. The fourth-order valence-electron chi connectivity index (χ4n) is 4.58. The van der Waals surface area contributed by atoms with Crippen LogP contribution in [0, 0.1) is 25.7 Å². The van der Waals surface area contributed by atoms with Crippen molar-refractivity contribution in [3.8, 4) is 0 Å². The number of benzene rings is 2. The molecule has 4 rings (SSSR count). The van der Waals surface area contributed by atoms with E-state index in [-0.39, 0.29) is 23.9 Å². The van der Waals surface area contributed by atoms with Crippen LogP contribution in [0.5, 0.6) is 0 Å². The summed E-state index contributed by atoms with van der Waals surface area (Å²) in [5, 5.41) is 3.88. The number of hydrogen-bond donors (Lipinski definition) is 1. The van der Waals surface area contributed by atoms with E-state index in [0.717, 1.165) is 25.7 Å². The van der Waals surface area contributed by atoms with Gasteiger partial charge in [-0.2, -0.15) is 0 Å². The molecule has 2 aliphatic rings. The van der Waals surface area contributed by atoms with Crippen LogP contribution in [-0.4, -0.2) is 5.78 Å². The van der Waals surface area contributed by atoms with Gasteiger partial charge in [-0.3, -0.25) is 4.79 Å². The van der Waals surface area contributed by atoms with Gasteiger partial charge in [0.2, 0.25) is 0 Å². The molecule has 1 saturated heterocycles. The molecule has 1 heterocycles. The number of carbonyl (C=O) groups excluding carboxylic acids is 1. The van der Waals surface area contributed by atoms with Crippen molar-refractivity contribution in [2.24, 2.45) is 11.8 Å². The molecule has 4 unspecified atom stereocenters. The molecule has 0 spiro atoms. The number of rotatable bonds is 2. The van der Waals surface area contributed by atoms with Crippen molar-refractivity contribution in [3.63, 3.8) is 0 Å². The first kappa shape index (κ1) is 16.5. The largest absolute Gasteiger partial charge is 0.302 e. The van der Waals surface area contributed by atoms with Crippen LogP contribution in [0.2, 0.25) is 0 Å². The third-order valence-corrected chi connectivity index (χ3v) is 6.05. The lowest BCUT2D eigenvalue weighted by Crippen LogP contribution is -2.47. The highest BCUT2D eigenvalue weighted by Gasteiger charge is 2.45. The molecule has 0 radical (unpaired) electrons. The highest BCUT2D eigenvalue weighted by molar-refractivity contribution is 5.86. The third kappa shape index (κ3) is 3.16. The van der Waals surface area contributed by atoms with Gasteiger partial charge in [0, 0.05) is 23.9 Å². The molecule has 1 saturated carbocycles. The number of fused-ring (bicyclic) bond motifs is 2. The van der Waals surface area contributed by atoms with Crippen molar-refractivity contribution < 1.29 is 4.79 Å². The molecule has 1 aliphatic heterocycles. The van der Waals surface area contributed by atoms with Gasteiger partial charge < -0.3 is 5.32 Å². The van der Waals surface area contributed by atoms with Crippen LogP contribution in [0.15, 0.2) is 48.5 Å². The molecule has 0 amide bonds. The van der Waals surface area contributed by atoms with Crippen LogP contribution in [0.25, 0.3) is 0 Å². The van der Waals surface area contributed by atoms with Gasteiger partial charge in [0.15, 0.2) is 0 Å². The summed E-state index contributed by atoms with van der Waals surface area (Å²) in [4.78, 5) is 13.3. The number of Topliss-reactive ketones (excluding diaryl/α,β-unsaturated/α-hetero) is 1. The Morgan fingerprint density at radius 3 is 1.52 bits per heavy atom. The van der Waals surface area contributed by atoms with Crippen LogP contribution in [0.3, 0.4) is 0 Å². The molecule has 2 bridgehead atoms. The summed E-state index contributed by atoms with van der Waals surface area (Å²) in [6, 6.07) is 17.7. The van der Waals surface area contributed by atoms with Gasteiger partial charge >= 0.3 is 0 Å². The minimum Gasteiger partial charge on any atom is -0.302 e. The first-order valence-corrected chi connectivity index (χ1v) is 9.56. The maximum Gasteiger partial charge on any atom is 0.142 e. The van der Waals surface area contributed by atoms with Crippen LogP contribution in [-0.2, 0) is 4.79 Å². The standard InChI is InChI=1S/C23H27NO/c1-15-7-11-17(12-8-15)21-19-5-3-4-6-20(23(19)25)22(24-21)18-13-9-16(2)10-14-18/h7-14,19-22,24H,3-6H2,1-2H3. The zero-order chi connectivity index (χ0) is 17.4. The molecule has 4 atom stereocenters. The topological polar surface area (TPSA) is 29.1 Å². The summed E-state index contributed by atoms with van der Waals surface area (Å²) in [6.45, 7) is 4.22. The minimum atomic E-state index is 0.122. The molecule has 25 heavy (non-hydrogen) atoms. The van der Waals surface area contributed by atoms with Crippen molar-refractivity contribution in [2.75, 3.05) is 0 Å². The average Bonchev–Trinajstić information content (AvgIpc) is 2.74. The molecule has 2 nitrogen and oxygen atoms in total. The third-order valence-electron chi connectivity index (χ3n) is 6.05. The van der Waals surface area contributed by atoms with Crippen molar-refractivity contribution in [3.05, 3.63) is 70.8 Å². The zero-order valence-electron chi connectivity index (χ0n) is 15.2. The quantitative estimate of drug-likeness (QED) is 0.832. The summed E-state index contributed by atoms with van der Waals surface area (Å²) >= 11 is 0. The molecule has 1 aliphatic carbocycles. The lowest BCUT2D eigenvalue weighted by molar-refractivity contribution is -0.131. The maximum absolute atomic E-state index is 13.3. The van der Waals surface area contributed by atoms with E-state index in [1.54, 1.807) is 0 Å². The van der Waals surface area contributed by atoms with Gasteiger partial charge in [-0.1, -0.05) is 72.5 Å². The maximum atomic E-state index is 13.3. The van der Waals surface area contributed by atoms with Gasteiger partial charge in [0.25, 0.3) is 0 Å².